The van der Waals surface area contributed by atoms with E-state index in [-0.39, 0.29) is 16.7 Å². The van der Waals surface area contributed by atoms with Crippen molar-refractivity contribution in [2.75, 3.05) is 0 Å². The van der Waals surface area contributed by atoms with Crippen molar-refractivity contribution in [3.05, 3.63) is 240 Å². The third-order valence-electron chi connectivity index (χ3n) is 14.2. The lowest BCUT2D eigenvalue weighted by molar-refractivity contribution is -0.137. The molecule has 0 atom stereocenters. The van der Waals surface area contributed by atoms with Gasteiger partial charge in [-0.15, -0.1) is 0 Å². The maximum absolute atomic E-state index is 15.2. The molecule has 76 heavy (non-hydrogen) atoms. The highest BCUT2D eigenvalue weighted by Gasteiger charge is 2.35. The molecule has 354 valence electrons. The topological polar surface area (TPSA) is 129 Å². The van der Waals surface area contributed by atoms with Crippen molar-refractivity contribution >= 4 is 43.6 Å². The quantitative estimate of drug-likeness (QED) is 0.157. The van der Waals surface area contributed by atoms with E-state index < -0.39 is 11.7 Å². The Morgan fingerprint density at radius 1 is 0.289 bits per heavy atom. The second kappa shape index (κ2) is 18.3. The van der Waals surface area contributed by atoms with Crippen molar-refractivity contribution in [1.29, 1.82) is 26.3 Å². The molecule has 0 fully saturated rings. The van der Waals surface area contributed by atoms with E-state index in [0.29, 0.717) is 89.1 Å². The molecule has 0 amide bonds. The van der Waals surface area contributed by atoms with E-state index in [9.17, 15) is 26.3 Å². The van der Waals surface area contributed by atoms with Gasteiger partial charge < -0.3 is 9.13 Å². The zero-order valence-electron chi connectivity index (χ0n) is 39.9. The molecule has 0 saturated carbocycles. The van der Waals surface area contributed by atoms with Gasteiger partial charge in [-0.1, -0.05) is 140 Å². The van der Waals surface area contributed by atoms with E-state index in [1.54, 1.807) is 60.7 Å². The summed E-state index contributed by atoms with van der Waals surface area (Å²) in [6.45, 7) is 0. The number of alkyl halides is 3. The van der Waals surface area contributed by atoms with E-state index >= 15 is 13.2 Å². The number of nitrogens with zero attached hydrogens (tertiary/aromatic N) is 7. The van der Waals surface area contributed by atoms with Crippen LogP contribution in [0.15, 0.2) is 206 Å². The third kappa shape index (κ3) is 7.49. The van der Waals surface area contributed by atoms with E-state index in [0.717, 1.165) is 38.7 Å². The fourth-order valence-corrected chi connectivity index (χ4v) is 10.8. The predicted octanol–water partition coefficient (Wildman–Crippen LogP) is 16.6. The van der Waals surface area contributed by atoms with Crippen LogP contribution in [0.3, 0.4) is 0 Å². The first kappa shape index (κ1) is 46.1. The highest BCUT2D eigenvalue weighted by atomic mass is 19.4. The minimum Gasteiger partial charge on any atom is -0.307 e. The number of nitriles is 5. The fourth-order valence-electron chi connectivity index (χ4n) is 10.8. The molecule has 0 N–H and O–H groups in total. The number of hydrogen-bond acceptors (Lipinski definition) is 5. The SMILES string of the molecule is N#Cc1ccccc1-c1ccc2c3ccc(-c4ccccc4C#N)cc3n(-c3cc(C#N)c(-c4ccccc4C(F)(F)F)cc3-n3c4cc(-c5ccccc5C#N)ccc4c4ccc(-c5ccccc5C#N)cc43)c2c1. The molecule has 0 saturated heterocycles. The number of aromatic nitrogens is 2. The smallest absolute Gasteiger partial charge is 0.307 e. The first-order valence-corrected chi connectivity index (χ1v) is 24.0. The van der Waals surface area contributed by atoms with E-state index in [1.165, 1.54) is 18.2 Å². The maximum Gasteiger partial charge on any atom is 0.417 e. The van der Waals surface area contributed by atoms with Crippen LogP contribution in [0.5, 0.6) is 0 Å². The summed E-state index contributed by atoms with van der Waals surface area (Å²) in [5.41, 5.74) is 9.66. The molecule has 12 aromatic rings. The molecule has 2 aromatic heterocycles. The van der Waals surface area contributed by atoms with Gasteiger partial charge in [-0.25, -0.2) is 0 Å². The van der Waals surface area contributed by atoms with E-state index in [1.807, 2.05) is 130 Å². The van der Waals surface area contributed by atoms with Gasteiger partial charge in [-0.2, -0.15) is 39.5 Å². The lowest BCUT2D eigenvalue weighted by Gasteiger charge is -2.21. The van der Waals surface area contributed by atoms with Gasteiger partial charge in [0.15, 0.2) is 0 Å². The van der Waals surface area contributed by atoms with Gasteiger partial charge in [0.25, 0.3) is 0 Å². The van der Waals surface area contributed by atoms with Crippen LogP contribution in [0.4, 0.5) is 13.2 Å². The minimum atomic E-state index is -4.79. The summed E-state index contributed by atoms with van der Waals surface area (Å²) >= 11 is 0. The van der Waals surface area contributed by atoms with Crippen LogP contribution < -0.4 is 0 Å². The van der Waals surface area contributed by atoms with Gasteiger partial charge in [0.2, 0.25) is 0 Å². The zero-order valence-corrected chi connectivity index (χ0v) is 39.9. The summed E-state index contributed by atoms with van der Waals surface area (Å²) in [7, 11) is 0. The molecule has 0 aliphatic carbocycles. The Balaban J connectivity index is 1.29. The Hall–Kier alpha value is -11.0. The number of fused-ring (bicyclic) bond motifs is 6. The Bertz CT molecular complexity index is 4420. The average molecular weight is 982 g/mol. The molecule has 0 aliphatic rings. The molecule has 10 heteroatoms. The van der Waals surface area contributed by atoms with Crippen LogP contribution >= 0.6 is 0 Å². The molecular weight excluding hydrogens is 948 g/mol. The lowest BCUT2D eigenvalue weighted by atomic mass is 9.94. The summed E-state index contributed by atoms with van der Waals surface area (Å²) in [5.74, 6) is 0. The average Bonchev–Trinajstić information content (AvgIpc) is 4.15. The molecule has 0 unspecified atom stereocenters. The molecular formula is C66H34F3N7. The first-order chi connectivity index (χ1) is 37.1. The standard InChI is InChI=1S/C66H34F3N7/c67-66(68,69)59-20-10-9-19-53(59)58-34-65(76-62-31-42(51-17-7-3-13-46(51)37-72)23-27-56(62)57-28-24-43(32-63(57)76)52-18-8-4-14-47(52)38-73)64(33-48(58)39-74)75-60-29-40(49-15-5-1-11-44(49)35-70)21-25-54(60)55-26-22-41(30-61(55)75)50-16-6-2-12-45(50)36-71/h1-34H. The molecule has 10 aromatic carbocycles. The minimum absolute atomic E-state index is 0.0320. The van der Waals surface area contributed by atoms with Crippen molar-refractivity contribution < 1.29 is 13.2 Å². The Kier molecular flexibility index (Phi) is 11.1. The van der Waals surface area contributed by atoms with Gasteiger partial charge in [0, 0.05) is 27.1 Å². The number of benzene rings is 10. The van der Waals surface area contributed by atoms with Crippen LogP contribution in [0, 0.1) is 56.7 Å². The summed E-state index contributed by atoms with van der Waals surface area (Å²) < 4.78 is 49.7. The van der Waals surface area contributed by atoms with Gasteiger partial charge >= 0.3 is 6.18 Å². The van der Waals surface area contributed by atoms with Gasteiger partial charge in [-0.05, 0) is 117 Å². The van der Waals surface area contributed by atoms with Crippen molar-refractivity contribution in [2.24, 2.45) is 0 Å². The molecule has 12 rings (SSSR count). The number of hydrogen-bond donors (Lipinski definition) is 0. The monoisotopic (exact) mass is 981 g/mol. The highest BCUT2D eigenvalue weighted by Crippen LogP contribution is 2.46. The van der Waals surface area contributed by atoms with Crippen LogP contribution in [0.1, 0.15) is 33.4 Å². The fraction of sp³-hybridized carbons (Fsp3) is 0.0152. The molecule has 0 spiro atoms. The number of rotatable bonds is 7. The van der Waals surface area contributed by atoms with E-state index in [2.05, 4.69) is 30.3 Å². The lowest BCUT2D eigenvalue weighted by Crippen LogP contribution is -2.09. The number of halogens is 3. The van der Waals surface area contributed by atoms with Crippen LogP contribution in [-0.4, -0.2) is 9.13 Å². The molecule has 0 radical (unpaired) electrons. The Labute approximate surface area is 433 Å². The molecule has 2 heterocycles. The largest absolute Gasteiger partial charge is 0.417 e. The molecule has 0 aliphatic heterocycles. The van der Waals surface area contributed by atoms with Crippen LogP contribution in [0.2, 0.25) is 0 Å². The first-order valence-electron chi connectivity index (χ1n) is 24.0. The summed E-state index contributed by atoms with van der Waals surface area (Å²) in [4.78, 5) is 0. The van der Waals surface area contributed by atoms with Crippen molar-refractivity contribution in [3.63, 3.8) is 0 Å². The summed E-state index contributed by atoms with van der Waals surface area (Å²) in [5, 5.41) is 55.7. The Morgan fingerprint density at radius 3 is 0.895 bits per heavy atom. The normalized spacial score (nSPS) is 11.3. The van der Waals surface area contributed by atoms with Gasteiger partial charge in [0.05, 0.1) is 97.2 Å². The highest BCUT2D eigenvalue weighted by molar-refractivity contribution is 6.14. The van der Waals surface area contributed by atoms with Crippen LogP contribution in [0.25, 0.3) is 111 Å². The zero-order chi connectivity index (χ0) is 52.2. The van der Waals surface area contributed by atoms with Gasteiger partial charge in [-0.3, -0.25) is 0 Å². The Morgan fingerprint density at radius 2 is 0.579 bits per heavy atom. The second-order valence-electron chi connectivity index (χ2n) is 18.3. The van der Waals surface area contributed by atoms with Crippen molar-refractivity contribution in [1.82, 2.24) is 9.13 Å². The summed E-state index contributed by atoms with van der Waals surface area (Å²) in [6, 6.07) is 72.8. The van der Waals surface area contributed by atoms with Crippen molar-refractivity contribution in [3.8, 4) is 97.4 Å². The maximum atomic E-state index is 15.2. The third-order valence-corrected chi connectivity index (χ3v) is 14.2. The predicted molar refractivity (Wildman–Crippen MR) is 291 cm³/mol. The van der Waals surface area contributed by atoms with Crippen molar-refractivity contribution in [2.45, 2.75) is 6.18 Å². The molecule has 0 bridgehead atoms. The van der Waals surface area contributed by atoms with E-state index in [4.69, 9.17) is 0 Å². The summed E-state index contributed by atoms with van der Waals surface area (Å²) in [6.07, 6.45) is -4.79. The van der Waals surface area contributed by atoms with Gasteiger partial charge in [0.1, 0.15) is 0 Å². The molecule has 7 nitrogen and oxygen atoms in total. The second-order valence-corrected chi connectivity index (χ2v) is 18.3. The van der Waals surface area contributed by atoms with Crippen LogP contribution in [-0.2, 0) is 6.18 Å².